The number of halogens is 2. The molecule has 0 atom stereocenters. The number of rotatable bonds is 6. The monoisotopic (exact) mass is 432 g/mol. The predicted molar refractivity (Wildman–Crippen MR) is 120 cm³/mol. The lowest BCUT2D eigenvalue weighted by atomic mass is 10.3. The van der Waals surface area contributed by atoms with Crippen LogP contribution < -0.4 is 20.3 Å². The Labute approximate surface area is 180 Å². The van der Waals surface area contributed by atoms with Gasteiger partial charge in [0.2, 0.25) is 17.8 Å². The zero-order valence-corrected chi connectivity index (χ0v) is 17.5. The first-order valence-corrected chi connectivity index (χ1v) is 9.53. The summed E-state index contributed by atoms with van der Waals surface area (Å²) in [5, 5.41) is 6.98. The Bertz CT molecular complexity index is 951. The van der Waals surface area contributed by atoms with E-state index in [-0.39, 0.29) is 12.4 Å². The molecule has 4 rings (SSSR count). The number of anilines is 5. The highest BCUT2D eigenvalue weighted by atomic mass is 35.5. The van der Waals surface area contributed by atoms with Crippen LogP contribution in [0, 0.1) is 0 Å². The summed E-state index contributed by atoms with van der Waals surface area (Å²) in [6, 6.07) is 15.3. The lowest BCUT2D eigenvalue weighted by Gasteiger charge is -2.17. The molecule has 152 valence electrons. The van der Waals surface area contributed by atoms with Gasteiger partial charge in [-0.3, -0.25) is 0 Å². The van der Waals surface area contributed by atoms with Gasteiger partial charge in [0.15, 0.2) is 0 Å². The minimum Gasteiger partial charge on any atom is -0.495 e. The summed E-state index contributed by atoms with van der Waals surface area (Å²) in [4.78, 5) is 15.9. The number of para-hydroxylation sites is 1. The third-order valence-corrected chi connectivity index (χ3v) is 4.75. The number of aromatic nitrogens is 3. The zero-order valence-electron chi connectivity index (χ0n) is 15.9. The van der Waals surface area contributed by atoms with Gasteiger partial charge in [-0.2, -0.15) is 15.0 Å². The first-order valence-electron chi connectivity index (χ1n) is 9.15. The maximum absolute atomic E-state index is 6.23. The summed E-state index contributed by atoms with van der Waals surface area (Å²) in [6.07, 6.45) is 2.29. The van der Waals surface area contributed by atoms with Gasteiger partial charge in [0, 0.05) is 24.5 Å². The summed E-state index contributed by atoms with van der Waals surface area (Å²) < 4.78 is 5.20. The minimum atomic E-state index is 0. The van der Waals surface area contributed by atoms with Crippen LogP contribution in [0.4, 0.5) is 29.2 Å². The number of methoxy groups -OCH3 is 1. The fourth-order valence-electron chi connectivity index (χ4n) is 3.06. The van der Waals surface area contributed by atoms with Crippen LogP contribution in [0.1, 0.15) is 12.8 Å². The number of nitrogens with one attached hydrogen (secondary N) is 2. The second kappa shape index (κ2) is 9.62. The second-order valence-corrected chi connectivity index (χ2v) is 6.85. The largest absolute Gasteiger partial charge is 0.495 e. The van der Waals surface area contributed by atoms with E-state index in [9.17, 15) is 0 Å². The van der Waals surface area contributed by atoms with Crippen LogP contribution in [0.5, 0.6) is 5.75 Å². The molecular formula is C20H22Cl2N6O. The van der Waals surface area contributed by atoms with E-state index in [1.807, 2.05) is 36.4 Å². The van der Waals surface area contributed by atoms with Crippen LogP contribution >= 0.6 is 24.0 Å². The number of ether oxygens (including phenoxy) is 1. The molecule has 1 aliphatic rings. The third kappa shape index (κ3) is 5.19. The molecule has 3 aromatic rings. The van der Waals surface area contributed by atoms with E-state index >= 15 is 0 Å². The maximum Gasteiger partial charge on any atom is 0.233 e. The van der Waals surface area contributed by atoms with Crippen molar-refractivity contribution in [3.8, 4) is 5.75 Å². The highest BCUT2D eigenvalue weighted by Gasteiger charge is 2.18. The van der Waals surface area contributed by atoms with E-state index in [0.717, 1.165) is 37.3 Å². The molecule has 1 aromatic heterocycles. The smallest absolute Gasteiger partial charge is 0.233 e. The topological polar surface area (TPSA) is 75.2 Å². The molecule has 1 saturated heterocycles. The van der Waals surface area contributed by atoms with Crippen LogP contribution in [-0.2, 0) is 0 Å². The normalized spacial score (nSPS) is 13.0. The molecular weight excluding hydrogens is 411 g/mol. The Morgan fingerprint density at radius 2 is 1.55 bits per heavy atom. The van der Waals surface area contributed by atoms with Crippen molar-refractivity contribution in [2.75, 3.05) is 35.7 Å². The Morgan fingerprint density at radius 3 is 2.17 bits per heavy atom. The third-order valence-electron chi connectivity index (χ3n) is 4.45. The van der Waals surface area contributed by atoms with Crippen LogP contribution in [0.15, 0.2) is 48.5 Å². The fourth-order valence-corrected chi connectivity index (χ4v) is 3.32. The molecule has 0 aliphatic carbocycles. The van der Waals surface area contributed by atoms with Crippen molar-refractivity contribution < 1.29 is 4.74 Å². The van der Waals surface area contributed by atoms with Crippen molar-refractivity contribution in [2.45, 2.75) is 12.8 Å². The maximum atomic E-state index is 6.23. The average Bonchev–Trinajstić information content (AvgIpc) is 3.24. The molecule has 9 heteroatoms. The molecule has 0 bridgehead atoms. The number of hydrogen-bond acceptors (Lipinski definition) is 7. The molecule has 0 amide bonds. The van der Waals surface area contributed by atoms with Gasteiger partial charge < -0.3 is 20.3 Å². The number of benzene rings is 2. The first-order chi connectivity index (χ1) is 13.7. The molecule has 2 aromatic carbocycles. The summed E-state index contributed by atoms with van der Waals surface area (Å²) in [5.74, 6) is 2.22. The summed E-state index contributed by atoms with van der Waals surface area (Å²) in [6.45, 7) is 1.89. The Balaban J connectivity index is 0.00000240. The second-order valence-electron chi connectivity index (χ2n) is 6.44. The van der Waals surface area contributed by atoms with Gasteiger partial charge in [0.25, 0.3) is 0 Å². The first kappa shape index (κ1) is 21.0. The SMILES string of the molecule is COc1ccc(Nc2nc(Nc3ccccc3)nc(N3CCCC3)n2)cc1Cl.Cl. The fraction of sp³-hybridized carbons (Fsp3) is 0.250. The number of nitrogens with zero attached hydrogens (tertiary/aromatic N) is 4. The highest BCUT2D eigenvalue weighted by Crippen LogP contribution is 2.29. The van der Waals surface area contributed by atoms with Crippen molar-refractivity contribution in [1.82, 2.24) is 15.0 Å². The molecule has 29 heavy (non-hydrogen) atoms. The van der Waals surface area contributed by atoms with Gasteiger partial charge in [-0.05, 0) is 43.2 Å². The molecule has 1 aliphatic heterocycles. The van der Waals surface area contributed by atoms with E-state index < -0.39 is 0 Å². The van der Waals surface area contributed by atoms with Crippen molar-refractivity contribution in [1.29, 1.82) is 0 Å². The van der Waals surface area contributed by atoms with E-state index in [4.69, 9.17) is 16.3 Å². The summed E-state index contributed by atoms with van der Waals surface area (Å²) >= 11 is 6.23. The van der Waals surface area contributed by atoms with E-state index in [1.165, 1.54) is 0 Å². The van der Waals surface area contributed by atoms with E-state index in [2.05, 4.69) is 30.5 Å². The predicted octanol–water partition coefficient (Wildman–Crippen LogP) is 5.04. The Kier molecular flexibility index (Phi) is 6.95. The van der Waals surface area contributed by atoms with Crippen molar-refractivity contribution in [3.05, 3.63) is 53.6 Å². The average molecular weight is 433 g/mol. The van der Waals surface area contributed by atoms with Crippen molar-refractivity contribution in [3.63, 3.8) is 0 Å². The van der Waals surface area contributed by atoms with Gasteiger partial charge in [-0.1, -0.05) is 29.8 Å². The quantitative estimate of drug-likeness (QED) is 0.564. The zero-order chi connectivity index (χ0) is 19.3. The van der Waals surface area contributed by atoms with E-state index in [0.29, 0.717) is 28.6 Å². The summed E-state index contributed by atoms with van der Waals surface area (Å²) in [5.41, 5.74) is 1.69. The van der Waals surface area contributed by atoms with Crippen molar-refractivity contribution >= 4 is 53.2 Å². The number of hydrogen-bond donors (Lipinski definition) is 2. The molecule has 1 fully saturated rings. The molecule has 2 heterocycles. The Morgan fingerprint density at radius 1 is 0.897 bits per heavy atom. The molecule has 2 N–H and O–H groups in total. The summed E-state index contributed by atoms with van der Waals surface area (Å²) in [7, 11) is 1.59. The van der Waals surface area contributed by atoms with Crippen LogP contribution in [0.2, 0.25) is 5.02 Å². The minimum absolute atomic E-state index is 0. The van der Waals surface area contributed by atoms with Gasteiger partial charge in [-0.25, -0.2) is 0 Å². The van der Waals surface area contributed by atoms with Gasteiger partial charge in [0.1, 0.15) is 5.75 Å². The van der Waals surface area contributed by atoms with Crippen LogP contribution in [-0.4, -0.2) is 35.2 Å². The molecule has 7 nitrogen and oxygen atoms in total. The Hall–Kier alpha value is -2.77. The lowest BCUT2D eigenvalue weighted by Crippen LogP contribution is -2.21. The van der Waals surface area contributed by atoms with Crippen LogP contribution in [0.3, 0.4) is 0 Å². The highest BCUT2D eigenvalue weighted by molar-refractivity contribution is 6.32. The van der Waals surface area contributed by atoms with Gasteiger partial charge in [-0.15, -0.1) is 12.4 Å². The standard InChI is InChI=1S/C20H21ClN6O.ClH/c1-28-17-10-9-15(13-16(17)21)23-19-24-18(22-14-7-3-2-4-8-14)25-20(26-19)27-11-5-6-12-27;/h2-4,7-10,13H,5-6,11-12H2,1H3,(H2,22,23,24,25,26);1H. The molecule has 0 saturated carbocycles. The molecule has 0 radical (unpaired) electrons. The molecule has 0 spiro atoms. The molecule has 0 unspecified atom stereocenters. The van der Waals surface area contributed by atoms with E-state index in [1.54, 1.807) is 19.2 Å². The lowest BCUT2D eigenvalue weighted by molar-refractivity contribution is 0.415. The van der Waals surface area contributed by atoms with Gasteiger partial charge >= 0.3 is 0 Å². The van der Waals surface area contributed by atoms with Crippen LogP contribution in [0.25, 0.3) is 0 Å². The van der Waals surface area contributed by atoms with Gasteiger partial charge in [0.05, 0.1) is 12.1 Å². The van der Waals surface area contributed by atoms with Crippen molar-refractivity contribution in [2.24, 2.45) is 0 Å².